The molecule has 1 aromatic rings. The number of rotatable bonds is 7. The van der Waals surface area contributed by atoms with Gasteiger partial charge in [0.2, 0.25) is 5.91 Å². The van der Waals surface area contributed by atoms with Crippen LogP contribution >= 0.6 is 11.8 Å². The molecule has 0 heterocycles. The van der Waals surface area contributed by atoms with E-state index in [1.54, 1.807) is 11.8 Å². The molecule has 98 valence electrons. The van der Waals surface area contributed by atoms with Crippen molar-refractivity contribution in [1.82, 2.24) is 5.32 Å². The number of hydrogen-bond donors (Lipinski definition) is 2. The molecule has 1 rings (SSSR count). The molecule has 2 N–H and O–H groups in total. The Morgan fingerprint density at radius 1 is 1.22 bits per heavy atom. The maximum atomic E-state index is 11.3. The first-order chi connectivity index (χ1) is 8.61. The number of thioether (sulfide) groups is 1. The zero-order valence-electron chi connectivity index (χ0n) is 10.3. The van der Waals surface area contributed by atoms with Crippen molar-refractivity contribution in [2.75, 3.05) is 12.8 Å². The van der Waals surface area contributed by atoms with E-state index in [1.165, 1.54) is 4.90 Å². The van der Waals surface area contributed by atoms with Gasteiger partial charge in [0.1, 0.15) is 0 Å². The molecule has 0 radical (unpaired) electrons. The van der Waals surface area contributed by atoms with Gasteiger partial charge in [0, 0.05) is 17.9 Å². The molecule has 0 aliphatic carbocycles. The number of aliphatic carboxylic acids is 1. The van der Waals surface area contributed by atoms with Crippen LogP contribution in [0.5, 0.6) is 0 Å². The largest absolute Gasteiger partial charge is 0.481 e. The lowest BCUT2D eigenvalue weighted by Crippen LogP contribution is -2.25. The fourth-order valence-electron chi connectivity index (χ4n) is 1.45. The molecule has 0 fully saturated rings. The summed E-state index contributed by atoms with van der Waals surface area (Å²) in [6.07, 6.45) is 2.71. The molecule has 4 nitrogen and oxygen atoms in total. The first kappa shape index (κ1) is 14.6. The molecule has 0 bridgehead atoms. The summed E-state index contributed by atoms with van der Waals surface area (Å²) in [6.45, 7) is 0.539. The summed E-state index contributed by atoms with van der Waals surface area (Å²) in [5, 5.41) is 11.1. The van der Waals surface area contributed by atoms with Crippen LogP contribution in [0.3, 0.4) is 0 Å². The number of carboxylic acid groups (broad SMARTS) is 1. The first-order valence-corrected chi connectivity index (χ1v) is 6.95. The zero-order valence-corrected chi connectivity index (χ0v) is 11.1. The molecule has 0 saturated heterocycles. The van der Waals surface area contributed by atoms with Crippen molar-refractivity contribution in [3.05, 3.63) is 29.8 Å². The molecule has 0 aliphatic rings. The summed E-state index contributed by atoms with van der Waals surface area (Å²) < 4.78 is 0. The standard InChI is InChI=1S/C13H17NO3S/c1-18-11-4-2-10(3-5-11)8-9-14-12(15)6-7-13(16)17/h2-5H,6-9H2,1H3,(H,14,15)(H,16,17). The number of benzene rings is 1. The summed E-state index contributed by atoms with van der Waals surface area (Å²) in [6, 6.07) is 8.17. The molecule has 18 heavy (non-hydrogen) atoms. The Bertz CT molecular complexity index is 403. The van der Waals surface area contributed by atoms with Crippen molar-refractivity contribution in [1.29, 1.82) is 0 Å². The maximum Gasteiger partial charge on any atom is 0.303 e. The third kappa shape index (κ3) is 5.72. The van der Waals surface area contributed by atoms with E-state index < -0.39 is 5.97 Å². The highest BCUT2D eigenvalue weighted by atomic mass is 32.2. The van der Waals surface area contributed by atoms with Gasteiger partial charge in [0.15, 0.2) is 0 Å². The number of hydrogen-bond acceptors (Lipinski definition) is 3. The highest BCUT2D eigenvalue weighted by Crippen LogP contribution is 2.14. The molecule has 1 amide bonds. The summed E-state index contributed by atoms with van der Waals surface area (Å²) in [4.78, 5) is 22.8. The van der Waals surface area contributed by atoms with E-state index in [0.717, 1.165) is 12.0 Å². The second-order valence-corrected chi connectivity index (χ2v) is 4.72. The lowest BCUT2D eigenvalue weighted by atomic mass is 10.1. The van der Waals surface area contributed by atoms with Crippen LogP contribution in [0.4, 0.5) is 0 Å². The fourth-order valence-corrected chi connectivity index (χ4v) is 1.86. The van der Waals surface area contributed by atoms with Crippen LogP contribution in [-0.2, 0) is 16.0 Å². The molecule has 0 atom stereocenters. The second-order valence-electron chi connectivity index (χ2n) is 3.84. The second kappa shape index (κ2) is 7.76. The average molecular weight is 267 g/mol. The Balaban J connectivity index is 2.24. The van der Waals surface area contributed by atoms with Crippen molar-refractivity contribution in [2.45, 2.75) is 24.2 Å². The number of nitrogens with one attached hydrogen (secondary N) is 1. The van der Waals surface area contributed by atoms with Crippen molar-refractivity contribution >= 4 is 23.6 Å². The van der Waals surface area contributed by atoms with Crippen LogP contribution < -0.4 is 5.32 Å². The Labute approximate surface area is 111 Å². The zero-order chi connectivity index (χ0) is 13.4. The minimum Gasteiger partial charge on any atom is -0.481 e. The van der Waals surface area contributed by atoms with Gasteiger partial charge in [-0.2, -0.15) is 0 Å². The molecule has 0 saturated carbocycles. The highest BCUT2D eigenvalue weighted by Gasteiger charge is 2.04. The van der Waals surface area contributed by atoms with Crippen molar-refractivity contribution in [2.24, 2.45) is 0 Å². The molecular weight excluding hydrogens is 250 g/mol. The normalized spacial score (nSPS) is 10.1. The fraction of sp³-hybridized carbons (Fsp3) is 0.385. The van der Waals surface area contributed by atoms with Gasteiger partial charge < -0.3 is 10.4 Å². The topological polar surface area (TPSA) is 66.4 Å². The third-order valence-corrected chi connectivity index (χ3v) is 3.20. The van der Waals surface area contributed by atoms with Gasteiger partial charge in [0.05, 0.1) is 6.42 Å². The molecule has 1 aromatic carbocycles. The third-order valence-electron chi connectivity index (χ3n) is 2.46. The van der Waals surface area contributed by atoms with Gasteiger partial charge >= 0.3 is 5.97 Å². The van der Waals surface area contributed by atoms with Crippen molar-refractivity contribution in [3.63, 3.8) is 0 Å². The molecule has 0 aliphatic heterocycles. The van der Waals surface area contributed by atoms with E-state index >= 15 is 0 Å². The first-order valence-electron chi connectivity index (χ1n) is 5.73. The number of carbonyl (C=O) groups excluding carboxylic acids is 1. The van der Waals surface area contributed by atoms with Gasteiger partial charge in [-0.3, -0.25) is 9.59 Å². The lowest BCUT2D eigenvalue weighted by Gasteiger charge is -2.05. The van der Waals surface area contributed by atoms with Crippen molar-refractivity contribution in [3.8, 4) is 0 Å². The van der Waals surface area contributed by atoms with Crippen LogP contribution in [0.25, 0.3) is 0 Å². The van der Waals surface area contributed by atoms with E-state index in [1.807, 2.05) is 30.5 Å². The van der Waals surface area contributed by atoms with Gasteiger partial charge in [0.25, 0.3) is 0 Å². The molecule has 0 aromatic heterocycles. The predicted molar refractivity (Wildman–Crippen MR) is 71.8 cm³/mol. The number of carbonyl (C=O) groups is 2. The predicted octanol–water partition coefficient (Wildman–Crippen LogP) is 1.93. The smallest absolute Gasteiger partial charge is 0.303 e. The molecule has 0 spiro atoms. The van der Waals surface area contributed by atoms with Crippen LogP contribution in [0.2, 0.25) is 0 Å². The Morgan fingerprint density at radius 2 is 1.89 bits per heavy atom. The Hall–Kier alpha value is -1.49. The Morgan fingerprint density at radius 3 is 2.44 bits per heavy atom. The minimum absolute atomic E-state index is 0.0424. The maximum absolute atomic E-state index is 11.3. The van der Waals surface area contributed by atoms with Gasteiger partial charge in [-0.15, -0.1) is 11.8 Å². The van der Waals surface area contributed by atoms with Crippen LogP contribution in [0.15, 0.2) is 29.2 Å². The van der Waals surface area contributed by atoms with Gasteiger partial charge in [-0.05, 0) is 30.4 Å². The molecular formula is C13H17NO3S. The quantitative estimate of drug-likeness (QED) is 0.741. The summed E-state index contributed by atoms with van der Waals surface area (Å²) >= 11 is 1.69. The van der Waals surface area contributed by atoms with E-state index in [2.05, 4.69) is 5.32 Å². The number of amides is 1. The summed E-state index contributed by atoms with van der Waals surface area (Å²) in [5.41, 5.74) is 1.16. The van der Waals surface area contributed by atoms with Crippen LogP contribution in [-0.4, -0.2) is 29.8 Å². The lowest BCUT2D eigenvalue weighted by molar-refractivity contribution is -0.138. The van der Waals surface area contributed by atoms with E-state index in [4.69, 9.17) is 5.11 Å². The Kier molecular flexibility index (Phi) is 6.28. The number of carboxylic acids is 1. The average Bonchev–Trinajstić information content (AvgIpc) is 2.37. The monoisotopic (exact) mass is 267 g/mol. The summed E-state index contributed by atoms with van der Waals surface area (Å²) in [5.74, 6) is -1.16. The van der Waals surface area contributed by atoms with E-state index in [9.17, 15) is 9.59 Å². The van der Waals surface area contributed by atoms with Gasteiger partial charge in [-0.25, -0.2) is 0 Å². The van der Waals surface area contributed by atoms with Crippen LogP contribution in [0.1, 0.15) is 18.4 Å². The molecule has 0 unspecified atom stereocenters. The molecule has 5 heteroatoms. The van der Waals surface area contributed by atoms with Crippen molar-refractivity contribution < 1.29 is 14.7 Å². The SMILES string of the molecule is CSc1ccc(CCNC(=O)CCC(=O)O)cc1. The summed E-state index contributed by atoms with van der Waals surface area (Å²) in [7, 11) is 0. The van der Waals surface area contributed by atoms with E-state index in [0.29, 0.717) is 6.54 Å². The van der Waals surface area contributed by atoms with Crippen LogP contribution in [0, 0.1) is 0 Å². The van der Waals surface area contributed by atoms with E-state index in [-0.39, 0.29) is 18.7 Å². The minimum atomic E-state index is -0.946. The highest BCUT2D eigenvalue weighted by molar-refractivity contribution is 7.98. The van der Waals surface area contributed by atoms with Gasteiger partial charge in [-0.1, -0.05) is 12.1 Å².